The van der Waals surface area contributed by atoms with Crippen LogP contribution in [0.25, 0.3) is 74.0 Å². The summed E-state index contributed by atoms with van der Waals surface area (Å²) in [6.07, 6.45) is 13.1. The standard InChI is InChI=1S/C26H23F3N6O.C26H25N5O2.C26H25N5O.C23H16F3N5O2.4CH4/c1-33(2)20-7-5-4-6-19(20)23-30-13-18-12-22(36)35(25(18)32-23)14-16-8-10-17(11-9-16)24-31-21(15-34(24)3)26(27,28)29;1-17(2)24-21(6-4-7-22(24)33-3)25-27-15-19-14-23(32)30(26(19)29-25)16-18-8-10-20(11-9-18)31-13-5-12-28-31;1-17(2)24-18(3)6-4-7-22(24)25-27-15-20-14-23(32)30(26(20)29-25)16-19-8-10-21(11-9-19)31-13-5-12-28-31;24-19-9-10-31(29-19)16-7-5-14(6-8-16)13-30-20(32)11-15-12-27-21(28-22(15)30)17-3-1-2-4-18(17)33-23(25)26;;;;/h4-11,13,15H,12,14H2,1-3H3;4-13,15,17H,14,16H2,1-3H3;4-13,15,17H,14,16H2,1-3H3;1-10,12,23H,11,13H2;4*1H4. The van der Waals surface area contributed by atoms with Crippen LogP contribution in [-0.2, 0) is 84.3 Å². The molecule has 4 aliphatic rings. The van der Waals surface area contributed by atoms with E-state index in [-0.39, 0.29) is 103 Å². The Labute approximate surface area is 796 Å². The minimum atomic E-state index is -4.51. The number of para-hydroxylation sites is 2. The van der Waals surface area contributed by atoms with E-state index in [0.29, 0.717) is 95.0 Å². The number of alkyl halides is 5. The minimum absolute atomic E-state index is 0. The normalized spacial score (nSPS) is 12.7. The first-order chi connectivity index (χ1) is 64.6. The zero-order valence-corrected chi connectivity index (χ0v) is 74.3. The number of anilines is 5. The SMILES string of the molecule is C.C.C.C.CN(C)c1ccccc1-c1ncc2c(n1)N(Cc1ccc(-c3nc(C(F)(F)F)cn3C)cc1)C(=O)C2.COc1cccc(-c2ncc3c(n2)N(Cc2ccc(-n4cccn4)cc2)C(=O)C3)c1C(C)C.Cc1cccc(-c2ncc3c(n2)N(Cc2ccc(-n4cccn4)cc2)C(=O)C3)c1C(C)C.O=C1Cc2cnc(-c3ccccc3OC(F)F)nc2N1Cc1ccc(-n2ccc(F)n2)cc1. The number of nitrogens with zero attached hydrogens (tertiary/aromatic N) is 21. The molecule has 4 amide bonds. The highest BCUT2D eigenvalue weighted by atomic mass is 19.4. The zero-order chi connectivity index (χ0) is 93.8. The van der Waals surface area contributed by atoms with Gasteiger partial charge in [-0.25, -0.2) is 58.9 Å². The Bertz CT molecular complexity index is 7010. The molecule has 16 aromatic rings. The molecule has 0 spiro atoms. The van der Waals surface area contributed by atoms with Crippen LogP contribution in [0.1, 0.15) is 136 Å². The first-order valence-corrected chi connectivity index (χ1v) is 43.1. The number of aromatic nitrogens is 16. The molecule has 0 atom stereocenters. The molecule has 8 aromatic heterocycles. The third-order valence-corrected chi connectivity index (χ3v) is 23.1. The van der Waals surface area contributed by atoms with Crippen LogP contribution in [0.4, 0.5) is 55.3 Å². The number of hydrogen-bond acceptors (Lipinski definition) is 19. The number of methoxy groups -OCH3 is 1. The predicted molar refractivity (Wildman–Crippen MR) is 521 cm³/mol. The average molecular weight is 1870 g/mol. The van der Waals surface area contributed by atoms with Crippen molar-refractivity contribution in [2.24, 2.45) is 7.05 Å². The predicted octanol–water partition coefficient (Wildman–Crippen LogP) is 20.8. The van der Waals surface area contributed by atoms with E-state index in [4.69, 9.17) is 19.7 Å². The molecule has 0 unspecified atom stereocenters. The summed E-state index contributed by atoms with van der Waals surface area (Å²) in [5.41, 5.74) is 16.7. The van der Waals surface area contributed by atoms with Crippen LogP contribution in [0.3, 0.4) is 0 Å². The summed E-state index contributed by atoms with van der Waals surface area (Å²) in [7, 11) is 7.09. The monoisotopic (exact) mass is 1870 g/mol. The summed E-state index contributed by atoms with van der Waals surface area (Å²) in [6, 6.07) is 61.5. The number of aryl methyl sites for hydroxylation is 2. The molecule has 0 saturated carbocycles. The first-order valence-electron chi connectivity index (χ1n) is 43.1. The number of benzene rings is 8. The van der Waals surface area contributed by atoms with Crippen molar-refractivity contribution in [3.63, 3.8) is 0 Å². The van der Waals surface area contributed by atoms with Crippen LogP contribution >= 0.6 is 0 Å². The number of rotatable bonds is 22. The summed E-state index contributed by atoms with van der Waals surface area (Å²) < 4.78 is 94.3. The number of fused-ring (bicyclic) bond motifs is 4. The first kappa shape index (κ1) is 99.3. The second-order valence-corrected chi connectivity index (χ2v) is 33.1. The van der Waals surface area contributed by atoms with Crippen molar-refractivity contribution in [3.05, 3.63) is 335 Å². The lowest BCUT2D eigenvalue weighted by Crippen LogP contribution is -2.26. The van der Waals surface area contributed by atoms with E-state index in [9.17, 15) is 45.5 Å². The lowest BCUT2D eigenvalue weighted by Gasteiger charge is -2.19. The van der Waals surface area contributed by atoms with E-state index in [2.05, 4.69) is 96.7 Å². The van der Waals surface area contributed by atoms with E-state index in [0.717, 1.165) is 90.2 Å². The molecule has 33 heteroatoms. The summed E-state index contributed by atoms with van der Waals surface area (Å²) in [5.74, 6) is 5.23. The Morgan fingerprint density at radius 3 is 1.19 bits per heavy atom. The number of hydrogen-bond donors (Lipinski definition) is 0. The maximum absolute atomic E-state index is 13.2. The molecule has 0 fully saturated rings. The van der Waals surface area contributed by atoms with Crippen LogP contribution in [0.15, 0.2) is 262 Å². The van der Waals surface area contributed by atoms with Crippen molar-refractivity contribution in [3.8, 4) is 85.5 Å². The molecule has 8 aromatic carbocycles. The summed E-state index contributed by atoms with van der Waals surface area (Å²) >= 11 is 0. The molecule has 708 valence electrons. The molecule has 0 radical (unpaired) electrons. The second kappa shape index (κ2) is 42.6. The van der Waals surface area contributed by atoms with Crippen LogP contribution in [0.5, 0.6) is 11.5 Å². The number of ether oxygens (including phenoxy) is 2. The summed E-state index contributed by atoms with van der Waals surface area (Å²) in [5, 5.41) is 12.2. The molecule has 0 bridgehead atoms. The van der Waals surface area contributed by atoms with Gasteiger partial charge >= 0.3 is 12.8 Å². The summed E-state index contributed by atoms with van der Waals surface area (Å²) in [4.78, 5) is 100. The van der Waals surface area contributed by atoms with Crippen molar-refractivity contribution in [1.29, 1.82) is 0 Å². The van der Waals surface area contributed by atoms with Gasteiger partial charge in [-0.2, -0.15) is 36.5 Å². The van der Waals surface area contributed by atoms with Crippen LogP contribution in [0.2, 0.25) is 0 Å². The van der Waals surface area contributed by atoms with Crippen molar-refractivity contribution >= 4 is 52.6 Å². The van der Waals surface area contributed by atoms with Gasteiger partial charge in [0.1, 0.15) is 40.6 Å². The number of amides is 4. The van der Waals surface area contributed by atoms with Crippen molar-refractivity contribution in [2.45, 2.75) is 141 Å². The van der Waals surface area contributed by atoms with E-state index >= 15 is 0 Å². The fourth-order valence-corrected chi connectivity index (χ4v) is 16.7. The largest absolute Gasteiger partial charge is 0.496 e. The van der Waals surface area contributed by atoms with Crippen LogP contribution in [-0.4, -0.2) is 130 Å². The highest BCUT2D eigenvalue weighted by Crippen LogP contribution is 2.42. The zero-order valence-electron chi connectivity index (χ0n) is 74.3. The van der Waals surface area contributed by atoms with Gasteiger partial charge in [-0.05, 0) is 131 Å². The van der Waals surface area contributed by atoms with Gasteiger partial charge < -0.3 is 18.9 Å². The number of imidazole rings is 1. The highest BCUT2D eigenvalue weighted by molar-refractivity contribution is 6.03. The van der Waals surface area contributed by atoms with Gasteiger partial charge in [-0.1, -0.05) is 173 Å². The van der Waals surface area contributed by atoms with Gasteiger partial charge in [0, 0.05) is 145 Å². The lowest BCUT2D eigenvalue weighted by atomic mass is 9.92. The van der Waals surface area contributed by atoms with E-state index in [1.165, 1.54) is 56.8 Å². The third kappa shape index (κ3) is 21.4. The van der Waals surface area contributed by atoms with Gasteiger partial charge in [-0.3, -0.25) is 38.8 Å². The number of carbonyl (C=O) groups is 4. The second-order valence-electron chi connectivity index (χ2n) is 33.1. The Morgan fingerprint density at radius 2 is 0.804 bits per heavy atom. The average Bonchev–Trinajstić information content (AvgIpc) is 1.74. The van der Waals surface area contributed by atoms with Crippen molar-refractivity contribution in [1.82, 2.24) is 78.8 Å². The molecule has 4 aliphatic heterocycles. The van der Waals surface area contributed by atoms with Gasteiger partial charge in [-0.15, -0.1) is 5.10 Å². The summed E-state index contributed by atoms with van der Waals surface area (Å²) in [6.45, 7) is 9.22. The molecular formula is C105H105F6N21O6. The van der Waals surface area contributed by atoms with E-state index < -0.39 is 24.4 Å². The number of carbonyl (C=O) groups excluding carboxylic acids is 4. The molecule has 0 N–H and O–H groups in total. The minimum Gasteiger partial charge on any atom is -0.496 e. The quantitative estimate of drug-likeness (QED) is 0.0570. The van der Waals surface area contributed by atoms with Crippen LogP contribution in [0, 0.1) is 12.9 Å². The fraction of sp³-hybridized carbons (Fsp3) is 0.238. The fourth-order valence-electron chi connectivity index (χ4n) is 16.7. The van der Waals surface area contributed by atoms with Crippen LogP contribution < -0.4 is 34.0 Å². The Balaban J connectivity index is 0.000000154. The highest BCUT2D eigenvalue weighted by Gasteiger charge is 2.38. The van der Waals surface area contributed by atoms with E-state index in [1.54, 1.807) is 106 Å². The topological polar surface area (TPSA) is 277 Å². The van der Waals surface area contributed by atoms with Gasteiger partial charge in [0.25, 0.3) is 0 Å². The third-order valence-electron chi connectivity index (χ3n) is 23.1. The Hall–Kier alpha value is -16.2. The van der Waals surface area contributed by atoms with Crippen molar-refractivity contribution < 1.29 is 55.0 Å². The van der Waals surface area contributed by atoms with E-state index in [1.807, 2.05) is 164 Å². The Morgan fingerprint density at radius 1 is 0.428 bits per heavy atom. The molecular weight excluding hydrogens is 1770 g/mol. The Kier molecular flexibility index (Phi) is 30.6. The molecule has 0 saturated heterocycles. The molecule has 0 aliphatic carbocycles. The van der Waals surface area contributed by atoms with Gasteiger partial charge in [0.05, 0.1) is 81.6 Å². The van der Waals surface area contributed by atoms with Crippen molar-refractivity contribution in [2.75, 3.05) is 45.7 Å². The molecule has 12 heterocycles. The number of halogens is 6. The molecule has 138 heavy (non-hydrogen) atoms. The smallest absolute Gasteiger partial charge is 0.434 e. The van der Waals surface area contributed by atoms with Gasteiger partial charge in [0.15, 0.2) is 29.0 Å². The molecule has 27 nitrogen and oxygen atoms in total. The lowest BCUT2D eigenvalue weighted by molar-refractivity contribution is -0.141. The molecule has 20 rings (SSSR count). The van der Waals surface area contributed by atoms with Gasteiger partial charge in [0.2, 0.25) is 29.6 Å². The maximum Gasteiger partial charge on any atom is 0.434 e. The maximum atomic E-state index is 13.2.